The Hall–Kier alpha value is -0.570. The number of halogens is 1. The third-order valence-electron chi connectivity index (χ3n) is 3.26. The maximum atomic E-state index is 4.64. The van der Waals surface area contributed by atoms with Crippen LogP contribution in [0, 0.1) is 6.92 Å². The molecule has 16 heavy (non-hydrogen) atoms. The molecule has 0 unspecified atom stereocenters. The van der Waals surface area contributed by atoms with Crippen LogP contribution in [0.25, 0.3) is 0 Å². The number of aromatic nitrogens is 1. The van der Waals surface area contributed by atoms with Crippen molar-refractivity contribution in [2.24, 2.45) is 0 Å². The molecule has 0 aromatic carbocycles. The Morgan fingerprint density at radius 2 is 2.12 bits per heavy atom. The fraction of sp³-hybridized carbons (Fsp3) is 0.615. The van der Waals surface area contributed by atoms with Crippen LogP contribution >= 0.6 is 15.9 Å². The van der Waals surface area contributed by atoms with Crippen molar-refractivity contribution < 1.29 is 0 Å². The van der Waals surface area contributed by atoms with Crippen LogP contribution in [0.4, 0.5) is 5.82 Å². The average molecular weight is 283 g/mol. The van der Waals surface area contributed by atoms with Crippen molar-refractivity contribution in [1.29, 1.82) is 0 Å². The number of hydrogen-bond donors (Lipinski definition) is 0. The van der Waals surface area contributed by atoms with Gasteiger partial charge in [-0.15, -0.1) is 0 Å². The Labute approximate surface area is 106 Å². The summed E-state index contributed by atoms with van der Waals surface area (Å²) in [5.74, 6) is 1.14. The van der Waals surface area contributed by atoms with E-state index in [9.17, 15) is 0 Å². The molecule has 0 radical (unpaired) electrons. The van der Waals surface area contributed by atoms with E-state index in [1.807, 2.05) is 0 Å². The van der Waals surface area contributed by atoms with E-state index in [1.54, 1.807) is 0 Å². The third-order valence-corrected chi connectivity index (χ3v) is 3.61. The van der Waals surface area contributed by atoms with Crippen LogP contribution in [-0.4, -0.2) is 22.9 Å². The predicted molar refractivity (Wildman–Crippen MR) is 72.4 cm³/mol. The lowest BCUT2D eigenvalue weighted by Gasteiger charge is -2.29. The molecule has 0 amide bonds. The molecule has 2 rings (SSSR count). The van der Waals surface area contributed by atoms with Crippen LogP contribution in [0.3, 0.4) is 0 Å². The summed E-state index contributed by atoms with van der Waals surface area (Å²) in [5.41, 5.74) is 1.11. The summed E-state index contributed by atoms with van der Waals surface area (Å²) in [6, 6.07) is 7.00. The molecular formula is C13H19BrN2. The fourth-order valence-corrected chi connectivity index (χ4v) is 2.86. The number of alkyl halides is 1. The molecule has 0 N–H and O–H groups in total. The Bertz CT molecular complexity index is 334. The zero-order valence-electron chi connectivity index (χ0n) is 9.82. The van der Waals surface area contributed by atoms with E-state index in [1.165, 1.54) is 25.7 Å². The first-order chi connectivity index (χ1) is 7.81. The van der Waals surface area contributed by atoms with Crippen LogP contribution in [0.2, 0.25) is 0 Å². The minimum absolute atomic E-state index is 0.701. The minimum atomic E-state index is 0.701. The average Bonchev–Trinajstić information content (AvgIpc) is 2.79. The SMILES string of the molecule is Cc1cccc(N(CCBr)C2CCCC2)n1. The molecule has 1 aliphatic rings. The number of rotatable bonds is 4. The van der Waals surface area contributed by atoms with Gasteiger partial charge in [0.1, 0.15) is 5.82 Å². The number of hydrogen-bond acceptors (Lipinski definition) is 2. The molecule has 1 aromatic rings. The highest BCUT2D eigenvalue weighted by Gasteiger charge is 2.22. The Kier molecular flexibility index (Phi) is 4.22. The van der Waals surface area contributed by atoms with E-state index in [0.717, 1.165) is 23.4 Å². The minimum Gasteiger partial charge on any atom is -0.353 e. The molecule has 88 valence electrons. The van der Waals surface area contributed by atoms with Gasteiger partial charge in [-0.05, 0) is 31.9 Å². The zero-order valence-corrected chi connectivity index (χ0v) is 11.4. The lowest BCUT2D eigenvalue weighted by Crippen LogP contribution is -2.35. The van der Waals surface area contributed by atoms with E-state index in [2.05, 4.69) is 50.9 Å². The summed E-state index contributed by atoms with van der Waals surface area (Å²) in [7, 11) is 0. The topological polar surface area (TPSA) is 16.1 Å². The molecule has 1 aliphatic carbocycles. The Morgan fingerprint density at radius 1 is 1.38 bits per heavy atom. The molecule has 1 heterocycles. The first kappa shape index (κ1) is 11.9. The van der Waals surface area contributed by atoms with Gasteiger partial charge in [-0.3, -0.25) is 0 Å². The van der Waals surface area contributed by atoms with E-state index in [4.69, 9.17) is 0 Å². The highest BCUT2D eigenvalue weighted by Crippen LogP contribution is 2.27. The number of pyridine rings is 1. The first-order valence-electron chi connectivity index (χ1n) is 6.07. The Morgan fingerprint density at radius 3 is 2.75 bits per heavy atom. The molecule has 2 nitrogen and oxygen atoms in total. The highest BCUT2D eigenvalue weighted by molar-refractivity contribution is 9.09. The van der Waals surface area contributed by atoms with Crippen LogP contribution in [0.15, 0.2) is 18.2 Å². The van der Waals surface area contributed by atoms with Gasteiger partial charge >= 0.3 is 0 Å². The van der Waals surface area contributed by atoms with Crippen LogP contribution in [0.5, 0.6) is 0 Å². The summed E-state index contributed by atoms with van der Waals surface area (Å²) in [5, 5.41) is 1.01. The van der Waals surface area contributed by atoms with Gasteiger partial charge in [-0.25, -0.2) is 4.98 Å². The molecule has 0 atom stereocenters. The second-order valence-electron chi connectivity index (χ2n) is 4.46. The quantitative estimate of drug-likeness (QED) is 0.786. The van der Waals surface area contributed by atoms with Gasteiger partial charge in [0.2, 0.25) is 0 Å². The van der Waals surface area contributed by atoms with Crippen LogP contribution < -0.4 is 4.90 Å². The molecule has 0 aliphatic heterocycles. The van der Waals surface area contributed by atoms with Crippen molar-refractivity contribution in [3.05, 3.63) is 23.9 Å². The summed E-state index contributed by atoms with van der Waals surface area (Å²) < 4.78 is 0. The summed E-state index contributed by atoms with van der Waals surface area (Å²) >= 11 is 3.54. The van der Waals surface area contributed by atoms with Crippen LogP contribution in [-0.2, 0) is 0 Å². The standard InChI is InChI=1S/C13H19BrN2/c1-11-5-4-8-13(15-11)16(10-9-14)12-6-2-3-7-12/h4-5,8,12H,2-3,6-7,9-10H2,1H3. The van der Waals surface area contributed by atoms with Gasteiger partial charge in [0.25, 0.3) is 0 Å². The molecule has 0 bridgehead atoms. The van der Waals surface area contributed by atoms with Gasteiger partial charge in [-0.1, -0.05) is 34.8 Å². The largest absolute Gasteiger partial charge is 0.353 e. The van der Waals surface area contributed by atoms with Crippen molar-refractivity contribution >= 4 is 21.7 Å². The number of anilines is 1. The zero-order chi connectivity index (χ0) is 11.4. The van der Waals surface area contributed by atoms with E-state index >= 15 is 0 Å². The maximum absolute atomic E-state index is 4.64. The molecule has 1 saturated carbocycles. The van der Waals surface area contributed by atoms with Gasteiger partial charge < -0.3 is 4.90 Å². The van der Waals surface area contributed by atoms with Crippen molar-refractivity contribution in [3.63, 3.8) is 0 Å². The monoisotopic (exact) mass is 282 g/mol. The maximum Gasteiger partial charge on any atom is 0.129 e. The molecule has 0 spiro atoms. The van der Waals surface area contributed by atoms with Crippen LogP contribution in [0.1, 0.15) is 31.4 Å². The second kappa shape index (κ2) is 5.67. The lowest BCUT2D eigenvalue weighted by molar-refractivity contribution is 0.615. The van der Waals surface area contributed by atoms with Crippen molar-refractivity contribution in [1.82, 2.24) is 4.98 Å². The number of nitrogens with zero attached hydrogens (tertiary/aromatic N) is 2. The second-order valence-corrected chi connectivity index (χ2v) is 5.25. The smallest absolute Gasteiger partial charge is 0.129 e. The molecule has 3 heteroatoms. The number of aryl methyl sites for hydroxylation is 1. The molecule has 0 saturated heterocycles. The van der Waals surface area contributed by atoms with Crippen molar-refractivity contribution in [2.75, 3.05) is 16.8 Å². The molecule has 1 aromatic heterocycles. The fourth-order valence-electron chi connectivity index (χ4n) is 2.48. The van der Waals surface area contributed by atoms with E-state index in [-0.39, 0.29) is 0 Å². The predicted octanol–water partition coefficient (Wildman–Crippen LogP) is 3.53. The van der Waals surface area contributed by atoms with Crippen molar-refractivity contribution in [3.8, 4) is 0 Å². The summed E-state index contributed by atoms with van der Waals surface area (Å²) in [6.45, 7) is 3.12. The van der Waals surface area contributed by atoms with Gasteiger partial charge in [0, 0.05) is 23.6 Å². The Balaban J connectivity index is 2.17. The highest BCUT2D eigenvalue weighted by atomic mass is 79.9. The normalized spacial score (nSPS) is 16.6. The lowest BCUT2D eigenvalue weighted by atomic mass is 10.2. The van der Waals surface area contributed by atoms with Gasteiger partial charge in [-0.2, -0.15) is 0 Å². The third kappa shape index (κ3) is 2.76. The first-order valence-corrected chi connectivity index (χ1v) is 7.19. The van der Waals surface area contributed by atoms with Gasteiger partial charge in [0.05, 0.1) is 0 Å². The summed E-state index contributed by atoms with van der Waals surface area (Å²) in [4.78, 5) is 7.11. The van der Waals surface area contributed by atoms with Crippen molar-refractivity contribution in [2.45, 2.75) is 38.6 Å². The van der Waals surface area contributed by atoms with Gasteiger partial charge in [0.15, 0.2) is 0 Å². The van der Waals surface area contributed by atoms with E-state index < -0.39 is 0 Å². The molecule has 1 fully saturated rings. The van der Waals surface area contributed by atoms with E-state index in [0.29, 0.717) is 6.04 Å². The summed E-state index contributed by atoms with van der Waals surface area (Å²) in [6.07, 6.45) is 5.38. The molecular weight excluding hydrogens is 264 g/mol.